The zero-order chi connectivity index (χ0) is 12.9. The summed E-state index contributed by atoms with van der Waals surface area (Å²) in [4.78, 5) is 20.8. The highest BCUT2D eigenvalue weighted by molar-refractivity contribution is 7.57. The van der Waals surface area contributed by atoms with Crippen LogP contribution in [0.3, 0.4) is 0 Å². The summed E-state index contributed by atoms with van der Waals surface area (Å²) < 4.78 is 11.0. The fourth-order valence-electron chi connectivity index (χ4n) is 2.00. The minimum atomic E-state index is -3.14. The molecular weight excluding hydrogens is 243 g/mol. The molecule has 0 saturated heterocycles. The Hall–Kier alpha value is -0.420. The van der Waals surface area contributed by atoms with E-state index in [4.69, 9.17) is 4.89 Å². The lowest BCUT2D eigenvalue weighted by molar-refractivity contribution is -0.172. The molecule has 1 fully saturated rings. The van der Waals surface area contributed by atoms with Gasteiger partial charge < -0.3 is 4.89 Å². The van der Waals surface area contributed by atoms with E-state index in [2.05, 4.69) is 5.32 Å². The van der Waals surface area contributed by atoms with Crippen LogP contribution in [0.2, 0.25) is 0 Å². The van der Waals surface area contributed by atoms with Crippen LogP contribution in [-0.4, -0.2) is 40.7 Å². The molecule has 1 aliphatic rings. The summed E-state index contributed by atoms with van der Waals surface area (Å²) >= 11 is 0. The number of nitrogens with one attached hydrogen (secondary N) is 1. The third-order valence-electron chi connectivity index (χ3n) is 2.88. The van der Waals surface area contributed by atoms with E-state index >= 15 is 0 Å². The van der Waals surface area contributed by atoms with Gasteiger partial charge in [0.25, 0.3) is 0 Å². The maximum Gasteiger partial charge on any atom is 0.250 e. The Balaban J connectivity index is 2.28. The molecule has 0 heterocycles. The third kappa shape index (κ3) is 5.64. The lowest BCUT2D eigenvalue weighted by Crippen LogP contribution is -2.40. The number of carbonyl (C=O) groups excluding carboxylic acids is 1. The number of nitrogens with zero attached hydrogens (tertiary/aromatic N) is 1. The molecule has 0 aromatic carbocycles. The zero-order valence-electron chi connectivity index (χ0n) is 10.1. The van der Waals surface area contributed by atoms with Gasteiger partial charge in [-0.05, 0) is 12.8 Å². The van der Waals surface area contributed by atoms with Gasteiger partial charge in [-0.15, -0.1) is 0 Å². The van der Waals surface area contributed by atoms with E-state index in [1.165, 1.54) is 6.66 Å². The van der Waals surface area contributed by atoms with Gasteiger partial charge in [0, 0.05) is 12.6 Å². The Morgan fingerprint density at radius 2 is 2.00 bits per heavy atom. The van der Waals surface area contributed by atoms with Gasteiger partial charge in [-0.3, -0.25) is 19.9 Å². The second kappa shape index (κ2) is 6.50. The summed E-state index contributed by atoms with van der Waals surface area (Å²) in [6, 6.07) is 0. The summed E-state index contributed by atoms with van der Waals surface area (Å²) in [6.45, 7) is 1.12. The number of rotatable bonds is 5. The van der Waals surface area contributed by atoms with Crippen molar-refractivity contribution in [1.82, 2.24) is 10.4 Å². The number of amides is 1. The Bertz CT molecular complexity index is 299. The Morgan fingerprint density at radius 1 is 1.41 bits per heavy atom. The third-order valence-corrected chi connectivity index (χ3v) is 3.69. The van der Waals surface area contributed by atoms with Crippen molar-refractivity contribution in [3.63, 3.8) is 0 Å². The molecule has 100 valence electrons. The molecule has 0 aromatic heterocycles. The molecule has 0 aromatic rings. The first-order valence-electron chi connectivity index (χ1n) is 5.90. The second-order valence-corrected chi connectivity index (χ2v) is 7.11. The van der Waals surface area contributed by atoms with Crippen LogP contribution in [0, 0.1) is 5.92 Å². The van der Waals surface area contributed by atoms with Crippen LogP contribution in [0.15, 0.2) is 0 Å². The maximum absolute atomic E-state index is 11.8. The van der Waals surface area contributed by atoms with Gasteiger partial charge in [-0.25, -0.2) is 5.06 Å². The number of hydrogen-bond donors (Lipinski definition) is 3. The van der Waals surface area contributed by atoms with Gasteiger partial charge in [0.15, 0.2) is 0 Å². The highest BCUT2D eigenvalue weighted by Crippen LogP contribution is 2.32. The smallest absolute Gasteiger partial charge is 0.250 e. The minimum Gasteiger partial charge on any atom is -0.344 e. The molecule has 0 spiro atoms. The second-order valence-electron chi connectivity index (χ2n) is 4.69. The van der Waals surface area contributed by atoms with Gasteiger partial charge in [0.05, 0.1) is 13.0 Å². The lowest BCUT2D eigenvalue weighted by Gasteiger charge is -2.25. The predicted molar refractivity (Wildman–Crippen MR) is 63.8 cm³/mol. The quantitative estimate of drug-likeness (QED) is 0.300. The summed E-state index contributed by atoms with van der Waals surface area (Å²) in [7, 11) is -3.14. The monoisotopic (exact) mass is 264 g/mol. The number of hydrogen-bond acceptors (Lipinski definition) is 4. The van der Waals surface area contributed by atoms with Crippen LogP contribution in [0.4, 0.5) is 0 Å². The predicted octanol–water partition coefficient (Wildman–Crippen LogP) is 1.19. The van der Waals surface area contributed by atoms with E-state index in [0.29, 0.717) is 5.06 Å². The molecule has 0 aliphatic heterocycles. The number of carbonyl (C=O) groups is 1. The van der Waals surface area contributed by atoms with Crippen molar-refractivity contribution < 1.29 is 19.5 Å². The van der Waals surface area contributed by atoms with Gasteiger partial charge >= 0.3 is 0 Å². The molecule has 0 bridgehead atoms. The van der Waals surface area contributed by atoms with E-state index < -0.39 is 7.37 Å². The standard InChI is InChI=1S/C10H21N2O4P/c1-17(15,16)8-11-7-12(14)10(13)9-5-3-2-4-6-9/h9,11,14H,2-8H2,1H3,(H,15,16). The average molecular weight is 264 g/mol. The molecule has 1 unspecified atom stereocenters. The molecule has 7 heteroatoms. The van der Waals surface area contributed by atoms with Crippen molar-refractivity contribution >= 4 is 13.3 Å². The van der Waals surface area contributed by atoms with E-state index in [0.717, 1.165) is 32.1 Å². The molecule has 0 radical (unpaired) electrons. The normalized spacial score (nSPS) is 20.9. The molecule has 1 rings (SSSR count). The van der Waals surface area contributed by atoms with E-state index in [1.807, 2.05) is 0 Å². The van der Waals surface area contributed by atoms with Crippen LogP contribution < -0.4 is 5.32 Å². The zero-order valence-corrected chi connectivity index (χ0v) is 11.0. The van der Waals surface area contributed by atoms with Crippen molar-refractivity contribution in [2.75, 3.05) is 19.6 Å². The molecule has 6 nitrogen and oxygen atoms in total. The van der Waals surface area contributed by atoms with Crippen LogP contribution in [0.1, 0.15) is 32.1 Å². The van der Waals surface area contributed by atoms with Gasteiger partial charge in [-0.2, -0.15) is 0 Å². The van der Waals surface area contributed by atoms with Gasteiger partial charge in [0.2, 0.25) is 13.3 Å². The summed E-state index contributed by atoms with van der Waals surface area (Å²) in [6.07, 6.45) is 4.74. The molecule has 3 N–H and O–H groups in total. The highest BCUT2D eigenvalue weighted by atomic mass is 31.2. The SMILES string of the molecule is CP(=O)(O)CNCN(O)C(=O)C1CCCCC1. The molecule has 1 atom stereocenters. The van der Waals surface area contributed by atoms with Crippen LogP contribution in [0.5, 0.6) is 0 Å². The largest absolute Gasteiger partial charge is 0.344 e. The first-order valence-corrected chi connectivity index (χ1v) is 8.19. The van der Waals surface area contributed by atoms with E-state index in [9.17, 15) is 14.6 Å². The van der Waals surface area contributed by atoms with Crippen molar-refractivity contribution in [2.24, 2.45) is 5.92 Å². The van der Waals surface area contributed by atoms with Gasteiger partial charge in [-0.1, -0.05) is 19.3 Å². The highest BCUT2D eigenvalue weighted by Gasteiger charge is 2.25. The van der Waals surface area contributed by atoms with E-state index in [1.54, 1.807) is 0 Å². The Kier molecular flexibility index (Phi) is 5.59. The molecule has 1 aliphatic carbocycles. The fourth-order valence-corrected chi connectivity index (χ4v) is 2.52. The molecule has 1 amide bonds. The van der Waals surface area contributed by atoms with Crippen molar-refractivity contribution in [3.8, 4) is 0 Å². The van der Waals surface area contributed by atoms with Crippen molar-refractivity contribution in [3.05, 3.63) is 0 Å². The molecule has 1 saturated carbocycles. The summed E-state index contributed by atoms with van der Waals surface area (Å²) in [5, 5.41) is 12.7. The van der Waals surface area contributed by atoms with Crippen molar-refractivity contribution in [1.29, 1.82) is 0 Å². The van der Waals surface area contributed by atoms with Crippen LogP contribution in [-0.2, 0) is 9.36 Å². The maximum atomic E-state index is 11.8. The van der Waals surface area contributed by atoms with Crippen LogP contribution in [0.25, 0.3) is 0 Å². The minimum absolute atomic E-state index is 0.0990. The lowest BCUT2D eigenvalue weighted by atomic mass is 9.88. The first kappa shape index (κ1) is 14.6. The fraction of sp³-hybridized carbons (Fsp3) is 0.900. The first-order chi connectivity index (χ1) is 7.90. The molecule has 17 heavy (non-hydrogen) atoms. The van der Waals surface area contributed by atoms with Crippen molar-refractivity contribution in [2.45, 2.75) is 32.1 Å². The summed E-state index contributed by atoms with van der Waals surface area (Å²) in [5.74, 6) is -0.390. The Labute approximate surface area is 101 Å². The van der Waals surface area contributed by atoms with Gasteiger partial charge in [0.1, 0.15) is 0 Å². The molecular formula is C10H21N2O4P. The van der Waals surface area contributed by atoms with Crippen LogP contribution >= 0.6 is 7.37 Å². The Morgan fingerprint density at radius 3 is 2.53 bits per heavy atom. The van der Waals surface area contributed by atoms with E-state index in [-0.39, 0.29) is 24.8 Å². The summed E-state index contributed by atoms with van der Waals surface area (Å²) in [5.41, 5.74) is 0. The number of hydroxylamine groups is 2. The topological polar surface area (TPSA) is 89.9 Å². The average Bonchev–Trinajstić information content (AvgIpc) is 2.27.